The molecule has 1 rings (SSSR count). The number of ether oxygens (including phenoxy) is 1. The van der Waals surface area contributed by atoms with Crippen LogP contribution in [-0.4, -0.2) is 12.1 Å². The van der Waals surface area contributed by atoms with Gasteiger partial charge in [0.25, 0.3) is 0 Å². The second kappa shape index (κ2) is 4.81. The molecule has 14 heavy (non-hydrogen) atoms. The van der Waals surface area contributed by atoms with Gasteiger partial charge in [-0.1, -0.05) is 20.8 Å². The quantitative estimate of drug-likeness (QED) is 0.637. The Morgan fingerprint density at radius 3 is 2.43 bits per heavy atom. The van der Waals surface area contributed by atoms with E-state index in [1.54, 1.807) is 0 Å². The number of esters is 1. The van der Waals surface area contributed by atoms with Crippen LogP contribution >= 0.6 is 0 Å². The zero-order chi connectivity index (χ0) is 10.7. The lowest BCUT2D eigenvalue weighted by Crippen LogP contribution is -2.31. The summed E-state index contributed by atoms with van der Waals surface area (Å²) in [6.07, 6.45) is 3.56. The average Bonchev–Trinajstić information content (AvgIpc) is 2.01. The van der Waals surface area contributed by atoms with Crippen LogP contribution in [0.3, 0.4) is 0 Å². The van der Waals surface area contributed by atoms with Crippen molar-refractivity contribution in [2.24, 2.45) is 17.8 Å². The summed E-state index contributed by atoms with van der Waals surface area (Å²) >= 11 is 0. The molecule has 3 atom stereocenters. The van der Waals surface area contributed by atoms with Gasteiger partial charge in [-0.3, -0.25) is 4.79 Å². The van der Waals surface area contributed by atoms with Crippen molar-refractivity contribution >= 4 is 5.97 Å². The van der Waals surface area contributed by atoms with E-state index < -0.39 is 0 Å². The predicted octanol–water partition coefficient (Wildman–Crippen LogP) is 3.01. The van der Waals surface area contributed by atoms with Crippen LogP contribution in [0, 0.1) is 17.8 Å². The first-order valence-corrected chi connectivity index (χ1v) is 5.66. The molecule has 0 aromatic heterocycles. The summed E-state index contributed by atoms with van der Waals surface area (Å²) in [5.74, 6) is 1.99. The molecule has 0 radical (unpaired) electrons. The van der Waals surface area contributed by atoms with Crippen molar-refractivity contribution in [2.45, 2.75) is 53.1 Å². The molecule has 0 aliphatic heterocycles. The van der Waals surface area contributed by atoms with Gasteiger partial charge in [-0.2, -0.15) is 0 Å². The Morgan fingerprint density at radius 2 is 1.93 bits per heavy atom. The topological polar surface area (TPSA) is 26.3 Å². The third kappa shape index (κ3) is 3.32. The van der Waals surface area contributed by atoms with Crippen molar-refractivity contribution in [1.82, 2.24) is 0 Å². The van der Waals surface area contributed by atoms with Crippen molar-refractivity contribution in [3.05, 3.63) is 0 Å². The summed E-state index contributed by atoms with van der Waals surface area (Å²) in [6.45, 7) is 8.27. The monoisotopic (exact) mass is 198 g/mol. The van der Waals surface area contributed by atoms with Crippen LogP contribution in [0.1, 0.15) is 47.0 Å². The summed E-state index contributed by atoms with van der Waals surface area (Å²) in [5, 5.41) is 0. The van der Waals surface area contributed by atoms with Gasteiger partial charge in [-0.05, 0) is 37.0 Å². The van der Waals surface area contributed by atoms with E-state index >= 15 is 0 Å². The Kier molecular flexibility index (Phi) is 3.97. The molecule has 1 saturated carbocycles. The first-order valence-electron chi connectivity index (χ1n) is 5.66. The van der Waals surface area contributed by atoms with E-state index in [2.05, 4.69) is 20.8 Å². The Balaban J connectivity index is 2.49. The second-order valence-electron chi connectivity index (χ2n) is 5.05. The normalized spacial score (nSPS) is 33.1. The molecule has 0 saturated heterocycles. The van der Waals surface area contributed by atoms with Gasteiger partial charge in [-0.15, -0.1) is 0 Å². The second-order valence-corrected chi connectivity index (χ2v) is 5.05. The fraction of sp³-hybridized carbons (Fsp3) is 0.917. The number of carbonyl (C=O) groups is 1. The van der Waals surface area contributed by atoms with Crippen LogP contribution in [-0.2, 0) is 9.53 Å². The minimum Gasteiger partial charge on any atom is -0.463 e. The minimum atomic E-state index is -0.133. The Hall–Kier alpha value is -0.530. The minimum absolute atomic E-state index is 0.133. The fourth-order valence-corrected chi connectivity index (χ4v) is 2.47. The summed E-state index contributed by atoms with van der Waals surface area (Å²) in [4.78, 5) is 10.9. The molecule has 1 fully saturated rings. The maximum absolute atomic E-state index is 10.9. The highest BCUT2D eigenvalue weighted by molar-refractivity contribution is 5.66. The van der Waals surface area contributed by atoms with Gasteiger partial charge in [0, 0.05) is 6.92 Å². The van der Waals surface area contributed by atoms with Crippen LogP contribution < -0.4 is 0 Å². The van der Waals surface area contributed by atoms with Crippen molar-refractivity contribution < 1.29 is 9.53 Å². The summed E-state index contributed by atoms with van der Waals surface area (Å²) in [6, 6.07) is 0. The molecular formula is C12H22O2. The van der Waals surface area contributed by atoms with E-state index in [0.717, 1.165) is 18.8 Å². The standard InChI is InChI=1S/C12H22O2/c1-8(2)11-5-9(3)6-12(7-11)14-10(4)13/h8-9,11-12H,5-7H2,1-4H3/t9?,11-,12?/m0/s1. The average molecular weight is 198 g/mol. The SMILES string of the molecule is CC(=O)OC1CC(C)C[C@H](C(C)C)C1. The maximum atomic E-state index is 10.9. The van der Waals surface area contributed by atoms with Gasteiger partial charge in [0.1, 0.15) is 6.10 Å². The molecule has 0 aromatic carbocycles. The molecule has 82 valence electrons. The van der Waals surface area contributed by atoms with E-state index in [-0.39, 0.29) is 12.1 Å². The number of rotatable bonds is 2. The summed E-state index contributed by atoms with van der Waals surface area (Å²) in [7, 11) is 0. The molecule has 2 unspecified atom stereocenters. The molecule has 0 amide bonds. The highest BCUT2D eigenvalue weighted by atomic mass is 16.5. The fourth-order valence-electron chi connectivity index (χ4n) is 2.47. The third-order valence-electron chi connectivity index (χ3n) is 3.21. The van der Waals surface area contributed by atoms with E-state index in [0.29, 0.717) is 11.8 Å². The number of hydrogen-bond acceptors (Lipinski definition) is 2. The lowest BCUT2D eigenvalue weighted by molar-refractivity contribution is -0.149. The Labute approximate surface area is 87.0 Å². The van der Waals surface area contributed by atoms with E-state index in [1.807, 2.05) is 0 Å². The van der Waals surface area contributed by atoms with Gasteiger partial charge in [-0.25, -0.2) is 0 Å². The van der Waals surface area contributed by atoms with Crippen LogP contribution in [0.4, 0.5) is 0 Å². The predicted molar refractivity (Wildman–Crippen MR) is 56.9 cm³/mol. The summed E-state index contributed by atoms with van der Waals surface area (Å²) in [5.41, 5.74) is 0. The summed E-state index contributed by atoms with van der Waals surface area (Å²) < 4.78 is 5.30. The molecule has 0 N–H and O–H groups in total. The Bertz CT molecular complexity index is 198. The lowest BCUT2D eigenvalue weighted by atomic mass is 9.75. The molecular weight excluding hydrogens is 176 g/mol. The van der Waals surface area contributed by atoms with E-state index in [9.17, 15) is 4.79 Å². The highest BCUT2D eigenvalue weighted by Crippen LogP contribution is 2.34. The van der Waals surface area contributed by atoms with Gasteiger partial charge >= 0.3 is 5.97 Å². The maximum Gasteiger partial charge on any atom is 0.302 e. The molecule has 2 heteroatoms. The molecule has 0 aromatic rings. The zero-order valence-corrected chi connectivity index (χ0v) is 9.75. The van der Waals surface area contributed by atoms with Gasteiger partial charge in [0.2, 0.25) is 0 Å². The third-order valence-corrected chi connectivity index (χ3v) is 3.21. The highest BCUT2D eigenvalue weighted by Gasteiger charge is 2.29. The van der Waals surface area contributed by atoms with Crippen molar-refractivity contribution in [2.75, 3.05) is 0 Å². The van der Waals surface area contributed by atoms with Crippen LogP contribution in [0.15, 0.2) is 0 Å². The molecule has 2 nitrogen and oxygen atoms in total. The molecule has 0 bridgehead atoms. The number of hydrogen-bond donors (Lipinski definition) is 0. The van der Waals surface area contributed by atoms with E-state index in [1.165, 1.54) is 13.3 Å². The number of carbonyl (C=O) groups excluding carboxylic acids is 1. The van der Waals surface area contributed by atoms with Crippen LogP contribution in [0.5, 0.6) is 0 Å². The largest absolute Gasteiger partial charge is 0.463 e. The van der Waals surface area contributed by atoms with E-state index in [4.69, 9.17) is 4.74 Å². The molecule has 1 aliphatic carbocycles. The first-order chi connectivity index (χ1) is 6.49. The zero-order valence-electron chi connectivity index (χ0n) is 9.75. The van der Waals surface area contributed by atoms with Crippen molar-refractivity contribution in [1.29, 1.82) is 0 Å². The van der Waals surface area contributed by atoms with Gasteiger partial charge < -0.3 is 4.74 Å². The van der Waals surface area contributed by atoms with Crippen LogP contribution in [0.25, 0.3) is 0 Å². The van der Waals surface area contributed by atoms with Crippen molar-refractivity contribution in [3.63, 3.8) is 0 Å². The van der Waals surface area contributed by atoms with Crippen molar-refractivity contribution in [3.8, 4) is 0 Å². The van der Waals surface area contributed by atoms with Gasteiger partial charge in [0.05, 0.1) is 0 Å². The van der Waals surface area contributed by atoms with Gasteiger partial charge in [0.15, 0.2) is 0 Å². The Morgan fingerprint density at radius 1 is 1.29 bits per heavy atom. The molecule has 0 spiro atoms. The van der Waals surface area contributed by atoms with Crippen LogP contribution in [0.2, 0.25) is 0 Å². The smallest absolute Gasteiger partial charge is 0.302 e. The molecule has 1 aliphatic rings. The first kappa shape index (κ1) is 11.5. The lowest BCUT2D eigenvalue weighted by Gasteiger charge is -2.34. The molecule has 0 heterocycles.